The summed E-state index contributed by atoms with van der Waals surface area (Å²) in [6.07, 6.45) is 5.26. The molecule has 2 atom stereocenters. The molecule has 2 aromatic rings. The van der Waals surface area contributed by atoms with E-state index in [9.17, 15) is 5.11 Å². The number of H-pyrrole nitrogens is 1. The maximum absolute atomic E-state index is 10.7. The lowest BCUT2D eigenvalue weighted by atomic mass is 9.78. The lowest BCUT2D eigenvalue weighted by Crippen LogP contribution is -2.53. The minimum atomic E-state index is -0.758. The summed E-state index contributed by atoms with van der Waals surface area (Å²) in [5.41, 5.74) is 4.41. The van der Waals surface area contributed by atoms with Gasteiger partial charge in [0.25, 0.3) is 0 Å². The highest BCUT2D eigenvalue weighted by Gasteiger charge is 2.39. The molecule has 2 heterocycles. The molecule has 4 rings (SSSR count). The first-order chi connectivity index (χ1) is 9.96. The van der Waals surface area contributed by atoms with Gasteiger partial charge in [-0.05, 0) is 56.0 Å². The summed E-state index contributed by atoms with van der Waals surface area (Å²) in [7, 11) is 0. The molecule has 3 heteroatoms. The van der Waals surface area contributed by atoms with E-state index in [-0.39, 0.29) is 0 Å². The molecular formula is C18H22N2O. The van der Waals surface area contributed by atoms with Crippen LogP contribution in [0.25, 0.3) is 16.5 Å². The average molecular weight is 282 g/mol. The summed E-state index contributed by atoms with van der Waals surface area (Å²) in [4.78, 5) is 5.82. The molecular weight excluding hydrogens is 260 g/mol. The van der Waals surface area contributed by atoms with Crippen LogP contribution in [-0.2, 0) is 6.42 Å². The highest BCUT2D eigenvalue weighted by molar-refractivity contribution is 5.98. The molecule has 0 amide bonds. The fourth-order valence-electron chi connectivity index (χ4n) is 4.03. The summed E-state index contributed by atoms with van der Waals surface area (Å²) in [5.74, 6) is 0. The van der Waals surface area contributed by atoms with E-state index in [1.807, 2.05) is 6.92 Å². The topological polar surface area (TPSA) is 39.3 Å². The first kappa shape index (κ1) is 13.1. The molecule has 2 N–H and O–H groups in total. The van der Waals surface area contributed by atoms with Crippen LogP contribution in [0.4, 0.5) is 0 Å². The number of aromatic nitrogens is 1. The predicted molar refractivity (Wildman–Crippen MR) is 86.2 cm³/mol. The molecule has 0 spiro atoms. The zero-order valence-electron chi connectivity index (χ0n) is 12.9. The number of benzene rings is 1. The molecule has 2 aliphatic rings. The van der Waals surface area contributed by atoms with Gasteiger partial charge >= 0.3 is 0 Å². The molecule has 21 heavy (non-hydrogen) atoms. The van der Waals surface area contributed by atoms with Crippen LogP contribution in [-0.4, -0.2) is 39.2 Å². The molecule has 0 fully saturated rings. The maximum atomic E-state index is 10.7. The van der Waals surface area contributed by atoms with E-state index in [0.29, 0.717) is 18.6 Å². The monoisotopic (exact) mass is 282 g/mol. The van der Waals surface area contributed by atoms with Crippen LogP contribution in [0.2, 0.25) is 0 Å². The van der Waals surface area contributed by atoms with Crippen LogP contribution in [0.15, 0.2) is 30.5 Å². The van der Waals surface area contributed by atoms with Crippen molar-refractivity contribution in [1.82, 2.24) is 9.88 Å². The van der Waals surface area contributed by atoms with Gasteiger partial charge in [0.05, 0.1) is 5.60 Å². The van der Waals surface area contributed by atoms with E-state index < -0.39 is 5.60 Å². The van der Waals surface area contributed by atoms with Gasteiger partial charge in [-0.15, -0.1) is 0 Å². The largest absolute Gasteiger partial charge is 0.385 e. The van der Waals surface area contributed by atoms with Crippen LogP contribution in [0.3, 0.4) is 0 Å². The second-order valence-corrected chi connectivity index (χ2v) is 6.98. The molecule has 1 aromatic heterocycles. The van der Waals surface area contributed by atoms with Crippen molar-refractivity contribution in [2.75, 3.05) is 6.54 Å². The van der Waals surface area contributed by atoms with Gasteiger partial charge in [-0.2, -0.15) is 0 Å². The summed E-state index contributed by atoms with van der Waals surface area (Å²) >= 11 is 0. The van der Waals surface area contributed by atoms with Crippen molar-refractivity contribution >= 4 is 16.5 Å². The van der Waals surface area contributed by atoms with Crippen LogP contribution < -0.4 is 0 Å². The van der Waals surface area contributed by atoms with Gasteiger partial charge in [-0.3, -0.25) is 4.90 Å². The number of nitrogens with zero attached hydrogens (tertiary/aromatic N) is 1. The van der Waals surface area contributed by atoms with Gasteiger partial charge in [0.2, 0.25) is 0 Å². The van der Waals surface area contributed by atoms with E-state index in [1.165, 1.54) is 27.6 Å². The van der Waals surface area contributed by atoms with Gasteiger partial charge < -0.3 is 10.1 Å². The minimum absolute atomic E-state index is 0.374. The standard InChI is InChI=1S/C18H22N2O/c1-11(2)20-10-18(3,21)8-14-13-5-4-6-15-17(13)12(9-19-15)7-16(14)20/h4-6,8-9,11,16,19,21H,7,10H2,1-3H3/t16-,18+/m1/s1. The van der Waals surface area contributed by atoms with Crippen LogP contribution in [0, 0.1) is 0 Å². The third-order valence-corrected chi connectivity index (χ3v) is 4.90. The predicted octanol–water partition coefficient (Wildman–Crippen LogP) is 2.95. The normalized spacial score (nSPS) is 28.8. The second kappa shape index (κ2) is 4.21. The highest BCUT2D eigenvalue weighted by Crippen LogP contribution is 2.42. The molecule has 0 saturated carbocycles. The van der Waals surface area contributed by atoms with Gasteiger partial charge in [-0.1, -0.05) is 12.1 Å². The van der Waals surface area contributed by atoms with Crippen LogP contribution >= 0.6 is 0 Å². The van der Waals surface area contributed by atoms with Crippen LogP contribution in [0.5, 0.6) is 0 Å². The molecule has 1 aliphatic heterocycles. The average Bonchev–Trinajstić information content (AvgIpc) is 2.83. The zero-order chi connectivity index (χ0) is 14.8. The lowest BCUT2D eigenvalue weighted by Gasteiger charge is -2.46. The third kappa shape index (κ3) is 1.88. The van der Waals surface area contributed by atoms with E-state index in [4.69, 9.17) is 0 Å². The van der Waals surface area contributed by atoms with Crippen molar-refractivity contribution in [2.45, 2.75) is 44.9 Å². The molecule has 0 unspecified atom stereocenters. The number of β-amino-alcohol motifs (C(OH)–C–C–N with tert-alkyl or cyclic N) is 1. The first-order valence-electron chi connectivity index (χ1n) is 7.76. The first-order valence-corrected chi connectivity index (χ1v) is 7.76. The molecule has 1 aromatic carbocycles. The van der Waals surface area contributed by atoms with Crippen molar-refractivity contribution in [2.24, 2.45) is 0 Å². The Morgan fingerprint density at radius 1 is 1.38 bits per heavy atom. The van der Waals surface area contributed by atoms with Gasteiger partial charge in [0.1, 0.15) is 0 Å². The van der Waals surface area contributed by atoms with Crippen molar-refractivity contribution in [1.29, 1.82) is 0 Å². The summed E-state index contributed by atoms with van der Waals surface area (Å²) in [6, 6.07) is 7.22. The van der Waals surface area contributed by atoms with Gasteiger partial charge in [-0.25, -0.2) is 0 Å². The Bertz CT molecular complexity index is 739. The number of hydrogen-bond donors (Lipinski definition) is 2. The SMILES string of the molecule is CC(C)N1C[C@@](C)(O)C=C2c3cccc4[nH]cc(c34)C[C@H]21. The Morgan fingerprint density at radius 3 is 2.95 bits per heavy atom. The fourth-order valence-corrected chi connectivity index (χ4v) is 4.03. The molecule has 0 radical (unpaired) electrons. The van der Waals surface area contributed by atoms with E-state index in [2.05, 4.69) is 54.2 Å². The molecule has 3 nitrogen and oxygen atoms in total. The minimum Gasteiger partial charge on any atom is -0.385 e. The van der Waals surface area contributed by atoms with E-state index in [0.717, 1.165) is 6.42 Å². The van der Waals surface area contributed by atoms with Gasteiger partial charge in [0, 0.05) is 35.7 Å². The molecule has 0 saturated heterocycles. The van der Waals surface area contributed by atoms with Crippen molar-refractivity contribution in [3.8, 4) is 0 Å². The smallest absolute Gasteiger partial charge is 0.0932 e. The summed E-state index contributed by atoms with van der Waals surface area (Å²) < 4.78 is 0. The quantitative estimate of drug-likeness (QED) is 0.844. The number of aromatic amines is 1. The number of aliphatic hydroxyl groups is 1. The molecule has 110 valence electrons. The third-order valence-electron chi connectivity index (χ3n) is 4.90. The number of nitrogens with one attached hydrogen (secondary N) is 1. The maximum Gasteiger partial charge on any atom is 0.0932 e. The summed E-state index contributed by atoms with van der Waals surface area (Å²) in [6.45, 7) is 7.05. The van der Waals surface area contributed by atoms with Crippen molar-refractivity contribution in [3.05, 3.63) is 41.6 Å². The number of rotatable bonds is 1. The fraction of sp³-hybridized carbons (Fsp3) is 0.444. The zero-order valence-corrected chi connectivity index (χ0v) is 12.9. The molecule has 0 bridgehead atoms. The Kier molecular flexibility index (Phi) is 2.63. The number of hydrogen-bond acceptors (Lipinski definition) is 2. The van der Waals surface area contributed by atoms with E-state index in [1.54, 1.807) is 0 Å². The summed E-state index contributed by atoms with van der Waals surface area (Å²) in [5, 5.41) is 12.0. The Balaban J connectivity index is 1.96. The van der Waals surface area contributed by atoms with E-state index >= 15 is 0 Å². The van der Waals surface area contributed by atoms with Crippen LogP contribution in [0.1, 0.15) is 31.9 Å². The number of fused-ring (bicyclic) bond motifs is 2. The Labute approximate surface area is 125 Å². The lowest BCUT2D eigenvalue weighted by molar-refractivity contribution is 0.0283. The Morgan fingerprint density at radius 2 is 2.19 bits per heavy atom. The Hall–Kier alpha value is -1.58. The van der Waals surface area contributed by atoms with Gasteiger partial charge in [0.15, 0.2) is 0 Å². The highest BCUT2D eigenvalue weighted by atomic mass is 16.3. The molecule has 1 aliphatic carbocycles. The second-order valence-electron chi connectivity index (χ2n) is 6.98. The van der Waals surface area contributed by atoms with Crippen molar-refractivity contribution < 1.29 is 5.11 Å². The van der Waals surface area contributed by atoms with Crippen molar-refractivity contribution in [3.63, 3.8) is 0 Å².